The molecule has 132 valence electrons. The zero-order valence-electron chi connectivity index (χ0n) is 14.3. The van der Waals surface area contributed by atoms with E-state index in [1.807, 2.05) is 36.0 Å². The summed E-state index contributed by atoms with van der Waals surface area (Å²) in [5, 5.41) is 0. The maximum atomic E-state index is 12.4. The molecule has 1 atom stereocenters. The van der Waals surface area contributed by atoms with Crippen LogP contribution in [-0.4, -0.2) is 64.8 Å². The molecular formula is C17H21N5O2S. The molecule has 0 saturated carbocycles. The molecule has 0 bridgehead atoms. The van der Waals surface area contributed by atoms with Crippen molar-refractivity contribution in [2.75, 3.05) is 37.8 Å². The third kappa shape index (κ3) is 4.82. The van der Waals surface area contributed by atoms with Crippen molar-refractivity contribution in [2.24, 2.45) is 0 Å². The number of carbonyl (C=O) groups excluding carboxylic acids is 1. The van der Waals surface area contributed by atoms with E-state index in [0.29, 0.717) is 24.7 Å². The highest BCUT2D eigenvalue weighted by Gasteiger charge is 2.28. The van der Waals surface area contributed by atoms with Crippen LogP contribution in [0, 0.1) is 0 Å². The predicted molar refractivity (Wildman–Crippen MR) is 96.9 cm³/mol. The molecule has 2 aromatic rings. The molecule has 25 heavy (non-hydrogen) atoms. The Balaban J connectivity index is 1.49. The Morgan fingerprint density at radius 3 is 2.88 bits per heavy atom. The number of pyridine rings is 1. The highest BCUT2D eigenvalue weighted by Crippen LogP contribution is 2.21. The Kier molecular flexibility index (Phi) is 5.70. The van der Waals surface area contributed by atoms with Crippen LogP contribution in [0.15, 0.2) is 41.8 Å². The van der Waals surface area contributed by atoms with Gasteiger partial charge in [0.25, 0.3) is 0 Å². The minimum Gasteiger partial charge on any atom is -0.471 e. The average Bonchev–Trinajstić information content (AvgIpc) is 3.09. The van der Waals surface area contributed by atoms with Crippen LogP contribution in [0.1, 0.15) is 6.42 Å². The van der Waals surface area contributed by atoms with E-state index in [0.717, 1.165) is 17.1 Å². The summed E-state index contributed by atoms with van der Waals surface area (Å²) in [5.41, 5.74) is 0. The average molecular weight is 359 g/mol. The van der Waals surface area contributed by atoms with Gasteiger partial charge in [-0.15, -0.1) is 11.8 Å². The van der Waals surface area contributed by atoms with Gasteiger partial charge in [0, 0.05) is 44.4 Å². The monoisotopic (exact) mass is 359 g/mol. The van der Waals surface area contributed by atoms with Crippen molar-refractivity contribution in [3.63, 3.8) is 0 Å². The third-order valence-corrected chi connectivity index (χ3v) is 4.85. The van der Waals surface area contributed by atoms with Gasteiger partial charge in [-0.05, 0) is 12.1 Å². The van der Waals surface area contributed by atoms with E-state index in [2.05, 4.69) is 15.0 Å². The number of hydrogen-bond donors (Lipinski definition) is 0. The lowest BCUT2D eigenvalue weighted by atomic mass is 10.3. The molecule has 1 fully saturated rings. The molecule has 0 aromatic carbocycles. The van der Waals surface area contributed by atoms with Gasteiger partial charge >= 0.3 is 0 Å². The van der Waals surface area contributed by atoms with Crippen molar-refractivity contribution in [3.8, 4) is 5.88 Å². The summed E-state index contributed by atoms with van der Waals surface area (Å²) >= 11 is 1.53. The third-order valence-electron chi connectivity index (χ3n) is 3.86. The summed E-state index contributed by atoms with van der Waals surface area (Å²) in [6.07, 6.45) is 7.52. The van der Waals surface area contributed by atoms with Gasteiger partial charge in [0.2, 0.25) is 11.8 Å². The van der Waals surface area contributed by atoms with E-state index >= 15 is 0 Å². The lowest BCUT2D eigenvalue weighted by molar-refractivity contribution is -0.127. The highest BCUT2D eigenvalue weighted by atomic mass is 32.2. The molecule has 3 rings (SSSR count). The number of aromatic nitrogens is 3. The molecule has 0 spiro atoms. The van der Waals surface area contributed by atoms with Gasteiger partial charge in [0.1, 0.15) is 6.10 Å². The van der Waals surface area contributed by atoms with Crippen molar-refractivity contribution in [1.82, 2.24) is 19.9 Å². The Labute approximate surface area is 151 Å². The molecule has 3 heterocycles. The fraction of sp³-hybridized carbons (Fsp3) is 0.412. The summed E-state index contributed by atoms with van der Waals surface area (Å²) in [4.78, 5) is 29.7. The molecule has 8 heteroatoms. The summed E-state index contributed by atoms with van der Waals surface area (Å²) in [7, 11) is 3.81. The largest absolute Gasteiger partial charge is 0.471 e. The lowest BCUT2D eigenvalue weighted by Crippen LogP contribution is -2.32. The van der Waals surface area contributed by atoms with E-state index < -0.39 is 0 Å². The summed E-state index contributed by atoms with van der Waals surface area (Å²) in [6, 6.07) is 3.81. The Bertz CT molecular complexity index is 713. The second-order valence-electron chi connectivity index (χ2n) is 5.95. The van der Waals surface area contributed by atoms with E-state index in [9.17, 15) is 4.79 Å². The fourth-order valence-corrected chi connectivity index (χ4v) is 3.29. The van der Waals surface area contributed by atoms with Crippen LogP contribution in [0.3, 0.4) is 0 Å². The Hall–Kier alpha value is -2.35. The number of amides is 1. The topological polar surface area (TPSA) is 71.5 Å². The van der Waals surface area contributed by atoms with Crippen molar-refractivity contribution < 1.29 is 9.53 Å². The van der Waals surface area contributed by atoms with Crippen molar-refractivity contribution in [2.45, 2.75) is 17.4 Å². The molecule has 1 aliphatic heterocycles. The van der Waals surface area contributed by atoms with E-state index in [4.69, 9.17) is 4.74 Å². The van der Waals surface area contributed by atoms with Gasteiger partial charge in [0.15, 0.2) is 5.82 Å². The summed E-state index contributed by atoms with van der Waals surface area (Å²) < 4.78 is 5.90. The number of hydrogen-bond acceptors (Lipinski definition) is 7. The molecule has 0 radical (unpaired) electrons. The molecule has 1 unspecified atom stereocenters. The Morgan fingerprint density at radius 1 is 1.32 bits per heavy atom. The first-order chi connectivity index (χ1) is 12.1. The molecule has 1 amide bonds. The smallest absolute Gasteiger partial charge is 0.234 e. The van der Waals surface area contributed by atoms with Crippen LogP contribution in [0.5, 0.6) is 5.88 Å². The maximum absolute atomic E-state index is 12.4. The number of thioether (sulfide) groups is 1. The van der Waals surface area contributed by atoms with Crippen molar-refractivity contribution in [1.29, 1.82) is 0 Å². The molecule has 2 aromatic heterocycles. The van der Waals surface area contributed by atoms with Crippen LogP contribution < -0.4 is 9.64 Å². The second-order valence-corrected chi connectivity index (χ2v) is 7.00. The maximum Gasteiger partial charge on any atom is 0.234 e. The van der Waals surface area contributed by atoms with Crippen molar-refractivity contribution >= 4 is 23.5 Å². The SMILES string of the molecule is CN(C)c1cncc(OC2CCN(C(=O)CSc3ccncc3)C2)n1. The van der Waals surface area contributed by atoms with E-state index in [1.165, 1.54) is 11.8 Å². The standard InChI is InChI=1S/C17H21N5O2S/c1-21(2)15-9-19-10-16(20-15)24-13-5-8-22(11-13)17(23)12-25-14-3-6-18-7-4-14/h3-4,6-7,9-10,13H,5,8,11-12H2,1-2H3. The summed E-state index contributed by atoms with van der Waals surface area (Å²) in [6.45, 7) is 1.30. The number of carbonyl (C=O) groups is 1. The van der Waals surface area contributed by atoms with Crippen LogP contribution >= 0.6 is 11.8 Å². The zero-order valence-corrected chi connectivity index (χ0v) is 15.1. The highest BCUT2D eigenvalue weighted by molar-refractivity contribution is 8.00. The number of likely N-dealkylation sites (tertiary alicyclic amines) is 1. The number of nitrogens with zero attached hydrogens (tertiary/aromatic N) is 5. The number of rotatable bonds is 6. The van der Waals surface area contributed by atoms with Gasteiger partial charge in [-0.1, -0.05) is 0 Å². The molecule has 1 saturated heterocycles. The first-order valence-corrected chi connectivity index (χ1v) is 9.07. The number of anilines is 1. The van der Waals surface area contributed by atoms with Crippen LogP contribution in [-0.2, 0) is 4.79 Å². The molecule has 0 N–H and O–H groups in total. The van der Waals surface area contributed by atoms with Gasteiger partial charge in [-0.3, -0.25) is 14.8 Å². The predicted octanol–water partition coefficient (Wildman–Crippen LogP) is 1.71. The molecule has 7 nitrogen and oxygen atoms in total. The van der Waals surface area contributed by atoms with Crippen LogP contribution in [0.4, 0.5) is 5.82 Å². The zero-order chi connectivity index (χ0) is 17.6. The molecule has 0 aliphatic carbocycles. The van der Waals surface area contributed by atoms with Gasteiger partial charge in [-0.2, -0.15) is 4.98 Å². The second kappa shape index (κ2) is 8.15. The molecule has 1 aliphatic rings. The lowest BCUT2D eigenvalue weighted by Gasteiger charge is -2.17. The normalized spacial score (nSPS) is 16.7. The molecular weight excluding hydrogens is 338 g/mol. The fourth-order valence-electron chi connectivity index (χ4n) is 2.50. The van der Waals surface area contributed by atoms with Crippen molar-refractivity contribution in [3.05, 3.63) is 36.9 Å². The summed E-state index contributed by atoms with van der Waals surface area (Å²) in [5.74, 6) is 1.79. The van der Waals surface area contributed by atoms with Gasteiger partial charge in [-0.25, -0.2) is 0 Å². The minimum atomic E-state index is -0.0402. The number of ether oxygens (including phenoxy) is 1. The Morgan fingerprint density at radius 2 is 2.12 bits per heavy atom. The van der Waals surface area contributed by atoms with Gasteiger partial charge in [0.05, 0.1) is 24.7 Å². The van der Waals surface area contributed by atoms with E-state index in [1.54, 1.807) is 24.8 Å². The van der Waals surface area contributed by atoms with E-state index in [-0.39, 0.29) is 12.0 Å². The van der Waals surface area contributed by atoms with Crippen LogP contribution in [0.25, 0.3) is 0 Å². The quantitative estimate of drug-likeness (QED) is 0.727. The van der Waals surface area contributed by atoms with Gasteiger partial charge < -0.3 is 14.5 Å². The minimum absolute atomic E-state index is 0.0402. The van der Waals surface area contributed by atoms with Crippen LogP contribution in [0.2, 0.25) is 0 Å². The first-order valence-electron chi connectivity index (χ1n) is 8.08. The first kappa shape index (κ1) is 17.5.